The van der Waals surface area contributed by atoms with Gasteiger partial charge in [0.15, 0.2) is 0 Å². The fraction of sp³-hybridized carbons (Fsp3) is 0.0667. The van der Waals surface area contributed by atoms with Crippen LogP contribution in [-0.4, -0.2) is 17.1 Å². The van der Waals surface area contributed by atoms with Gasteiger partial charge in [0.05, 0.1) is 18.3 Å². The highest BCUT2D eigenvalue weighted by Gasteiger charge is 2.11. The molecule has 0 saturated carbocycles. The van der Waals surface area contributed by atoms with E-state index in [0.29, 0.717) is 17.0 Å². The zero-order valence-corrected chi connectivity index (χ0v) is 10.3. The zero-order valence-electron chi connectivity index (χ0n) is 10.3. The minimum Gasteiger partial charge on any atom is -0.497 e. The predicted octanol–water partition coefficient (Wildman–Crippen LogP) is 3.44. The first-order valence-electron chi connectivity index (χ1n) is 5.83. The third-order valence-corrected chi connectivity index (χ3v) is 2.96. The topological polar surface area (TPSA) is 35.0 Å². The molecule has 0 unspecified atom stereocenters. The summed E-state index contributed by atoms with van der Waals surface area (Å²) in [7, 11) is 1.55. The summed E-state index contributed by atoms with van der Waals surface area (Å²) in [5.74, 6) is 0.267. The fourth-order valence-corrected chi connectivity index (χ4v) is 2.03. The van der Waals surface area contributed by atoms with Gasteiger partial charge in [-0.05, 0) is 36.4 Å². The van der Waals surface area contributed by atoms with E-state index >= 15 is 0 Å². The van der Waals surface area contributed by atoms with Crippen LogP contribution in [0.1, 0.15) is 0 Å². The van der Waals surface area contributed by atoms with Crippen molar-refractivity contribution in [3.8, 4) is 17.0 Å². The summed E-state index contributed by atoms with van der Waals surface area (Å²) < 4.78 is 19.1. The maximum Gasteiger partial charge on any atom is 0.132 e. The van der Waals surface area contributed by atoms with Crippen LogP contribution in [0, 0.1) is 5.82 Å². The lowest BCUT2D eigenvalue weighted by Gasteiger charge is -2.08. The van der Waals surface area contributed by atoms with Gasteiger partial charge < -0.3 is 4.74 Å². The van der Waals surface area contributed by atoms with Crippen LogP contribution in [0.2, 0.25) is 0 Å². The molecule has 0 amide bonds. The van der Waals surface area contributed by atoms with Crippen LogP contribution < -0.4 is 4.74 Å². The molecule has 0 saturated heterocycles. The van der Waals surface area contributed by atoms with E-state index in [2.05, 4.69) is 9.97 Å². The molecule has 0 spiro atoms. The van der Waals surface area contributed by atoms with Crippen molar-refractivity contribution >= 4 is 10.9 Å². The van der Waals surface area contributed by atoms with Gasteiger partial charge in [0.1, 0.15) is 11.6 Å². The van der Waals surface area contributed by atoms with Crippen molar-refractivity contribution in [3.05, 3.63) is 54.6 Å². The first-order valence-corrected chi connectivity index (χ1v) is 5.83. The highest BCUT2D eigenvalue weighted by atomic mass is 19.1. The van der Waals surface area contributed by atoms with E-state index in [1.54, 1.807) is 37.7 Å². The molecule has 4 heteroatoms. The maximum absolute atomic E-state index is 14.0. The van der Waals surface area contributed by atoms with E-state index in [9.17, 15) is 4.39 Å². The van der Waals surface area contributed by atoms with Crippen LogP contribution in [0.5, 0.6) is 5.75 Å². The fourth-order valence-electron chi connectivity index (χ4n) is 2.03. The molecule has 0 aliphatic rings. The van der Waals surface area contributed by atoms with Gasteiger partial charge in [-0.3, -0.25) is 9.97 Å². The van der Waals surface area contributed by atoms with Crippen molar-refractivity contribution in [1.82, 2.24) is 9.97 Å². The molecule has 3 aromatic rings. The largest absolute Gasteiger partial charge is 0.497 e. The highest BCUT2D eigenvalue weighted by molar-refractivity contribution is 5.92. The number of rotatable bonds is 2. The minimum atomic E-state index is -0.329. The molecule has 0 aliphatic heterocycles. The molecular formula is C15H11FN2O. The van der Waals surface area contributed by atoms with Crippen LogP contribution in [0.15, 0.2) is 48.8 Å². The van der Waals surface area contributed by atoms with Crippen molar-refractivity contribution in [2.75, 3.05) is 7.11 Å². The van der Waals surface area contributed by atoms with Gasteiger partial charge in [0.25, 0.3) is 0 Å². The molecule has 2 heterocycles. The third-order valence-electron chi connectivity index (χ3n) is 2.96. The van der Waals surface area contributed by atoms with E-state index in [1.807, 2.05) is 12.1 Å². The molecule has 0 N–H and O–H groups in total. The number of aromatic nitrogens is 2. The van der Waals surface area contributed by atoms with Gasteiger partial charge in [-0.25, -0.2) is 4.39 Å². The SMILES string of the molecule is COc1ccc(F)c(-c2nccc3ncccc23)c1. The minimum absolute atomic E-state index is 0.329. The van der Waals surface area contributed by atoms with Crippen molar-refractivity contribution in [2.45, 2.75) is 0 Å². The number of methoxy groups -OCH3 is 1. The monoisotopic (exact) mass is 254 g/mol. The highest BCUT2D eigenvalue weighted by Crippen LogP contribution is 2.30. The Morgan fingerprint density at radius 1 is 1.05 bits per heavy atom. The van der Waals surface area contributed by atoms with Gasteiger partial charge in [-0.1, -0.05) is 0 Å². The van der Waals surface area contributed by atoms with Gasteiger partial charge in [0.2, 0.25) is 0 Å². The summed E-state index contributed by atoms with van der Waals surface area (Å²) in [4.78, 5) is 8.52. The number of ether oxygens (including phenoxy) is 1. The summed E-state index contributed by atoms with van der Waals surface area (Å²) >= 11 is 0. The quantitative estimate of drug-likeness (QED) is 0.702. The molecule has 2 aromatic heterocycles. The molecule has 3 nitrogen and oxygen atoms in total. The molecular weight excluding hydrogens is 243 g/mol. The Bertz CT molecular complexity index is 738. The second-order valence-corrected chi connectivity index (χ2v) is 4.08. The Hall–Kier alpha value is -2.49. The average molecular weight is 254 g/mol. The molecule has 0 aliphatic carbocycles. The number of benzene rings is 1. The number of nitrogens with zero attached hydrogens (tertiary/aromatic N) is 2. The van der Waals surface area contributed by atoms with Crippen LogP contribution in [0.3, 0.4) is 0 Å². The Morgan fingerprint density at radius 2 is 1.95 bits per heavy atom. The van der Waals surface area contributed by atoms with Crippen molar-refractivity contribution in [3.63, 3.8) is 0 Å². The first kappa shape index (κ1) is 11.6. The van der Waals surface area contributed by atoms with Crippen molar-refractivity contribution in [2.24, 2.45) is 0 Å². The number of halogens is 1. The molecule has 94 valence electrons. The molecule has 0 fully saturated rings. The smallest absolute Gasteiger partial charge is 0.132 e. The van der Waals surface area contributed by atoms with E-state index in [4.69, 9.17) is 4.74 Å². The summed E-state index contributed by atoms with van der Waals surface area (Å²) in [6.07, 6.45) is 3.33. The third kappa shape index (κ3) is 2.01. The normalized spacial score (nSPS) is 10.6. The van der Waals surface area contributed by atoms with Crippen LogP contribution >= 0.6 is 0 Å². The van der Waals surface area contributed by atoms with Gasteiger partial charge >= 0.3 is 0 Å². The first-order chi connectivity index (χ1) is 9.29. The summed E-state index contributed by atoms with van der Waals surface area (Å²) in [5.41, 5.74) is 1.77. The van der Waals surface area contributed by atoms with Crippen molar-refractivity contribution in [1.29, 1.82) is 0 Å². The maximum atomic E-state index is 14.0. The van der Waals surface area contributed by atoms with Crippen molar-refractivity contribution < 1.29 is 9.13 Å². The average Bonchev–Trinajstić information content (AvgIpc) is 2.47. The molecule has 0 radical (unpaired) electrons. The number of fused-ring (bicyclic) bond motifs is 1. The van der Waals surface area contributed by atoms with Gasteiger partial charge in [-0.15, -0.1) is 0 Å². The molecule has 0 bridgehead atoms. The number of hydrogen-bond acceptors (Lipinski definition) is 3. The molecule has 19 heavy (non-hydrogen) atoms. The second-order valence-electron chi connectivity index (χ2n) is 4.08. The molecule has 1 aromatic carbocycles. The molecule has 3 rings (SSSR count). The Kier molecular flexibility index (Phi) is 2.83. The number of pyridine rings is 2. The molecule has 0 atom stereocenters. The van der Waals surface area contributed by atoms with Crippen LogP contribution in [-0.2, 0) is 0 Å². The van der Waals surface area contributed by atoms with Gasteiger partial charge in [-0.2, -0.15) is 0 Å². The number of hydrogen-bond donors (Lipinski definition) is 0. The predicted molar refractivity (Wildman–Crippen MR) is 71.5 cm³/mol. The van der Waals surface area contributed by atoms with Crippen LogP contribution in [0.4, 0.5) is 4.39 Å². The zero-order chi connectivity index (χ0) is 13.2. The van der Waals surface area contributed by atoms with E-state index in [1.165, 1.54) is 6.07 Å². The van der Waals surface area contributed by atoms with Gasteiger partial charge in [0, 0.05) is 23.3 Å². The lowest BCUT2D eigenvalue weighted by atomic mass is 10.1. The Balaban J connectivity index is 2.30. The van der Waals surface area contributed by atoms with E-state index < -0.39 is 0 Å². The van der Waals surface area contributed by atoms with E-state index in [-0.39, 0.29) is 5.82 Å². The Labute approximate surface area is 109 Å². The second kappa shape index (κ2) is 4.65. The summed E-state index contributed by atoms with van der Waals surface area (Å²) in [6.45, 7) is 0. The standard InChI is InChI=1S/C15H11FN2O/c1-19-10-4-5-13(16)12(9-10)15-11-3-2-7-17-14(11)6-8-18-15/h2-9H,1H3. The lowest BCUT2D eigenvalue weighted by Crippen LogP contribution is -1.92. The van der Waals surface area contributed by atoms with E-state index in [0.717, 1.165) is 10.9 Å². The van der Waals surface area contributed by atoms with Crippen LogP contribution in [0.25, 0.3) is 22.2 Å². The summed E-state index contributed by atoms with van der Waals surface area (Å²) in [6, 6.07) is 10.1. The Morgan fingerprint density at radius 3 is 2.79 bits per heavy atom. The lowest BCUT2D eigenvalue weighted by molar-refractivity contribution is 0.414. The summed E-state index contributed by atoms with van der Waals surface area (Å²) in [5, 5.41) is 0.817.